The minimum Gasteiger partial charge on any atom is -0.392 e. The lowest BCUT2D eigenvalue weighted by Crippen LogP contribution is -2.48. The second kappa shape index (κ2) is 12.8. The molecule has 3 aromatic rings. The van der Waals surface area contributed by atoms with Crippen LogP contribution in [0.4, 0.5) is 18.9 Å². The number of aliphatic hydroxyl groups excluding tert-OH is 1. The van der Waals surface area contributed by atoms with Crippen LogP contribution < -0.4 is 5.32 Å². The predicted octanol–water partition coefficient (Wildman–Crippen LogP) is 4.37. The largest absolute Gasteiger partial charge is 0.471 e. The molecule has 3 N–H and O–H groups in total. The summed E-state index contributed by atoms with van der Waals surface area (Å²) in [5.74, 6) is -2.14. The molecule has 10 nitrogen and oxygen atoms in total. The molecule has 224 valence electrons. The van der Waals surface area contributed by atoms with Crippen molar-refractivity contribution >= 4 is 29.3 Å². The van der Waals surface area contributed by atoms with Crippen LogP contribution in [0, 0.1) is 5.92 Å². The molecule has 3 heterocycles. The molecule has 14 heteroatoms. The first kappa shape index (κ1) is 30.0. The summed E-state index contributed by atoms with van der Waals surface area (Å²) in [6.45, 7) is 1.86. The van der Waals surface area contributed by atoms with Gasteiger partial charge in [0, 0.05) is 29.5 Å². The monoisotopic (exact) mass is 605 g/mol. The third kappa shape index (κ3) is 6.77. The van der Waals surface area contributed by atoms with E-state index < -0.39 is 30.3 Å². The molecule has 2 fully saturated rings. The maximum atomic E-state index is 13.0. The van der Waals surface area contributed by atoms with Gasteiger partial charge in [0.15, 0.2) is 11.4 Å². The number of carbonyl (C=O) groups is 2. The molecule has 2 aliphatic rings. The molecule has 0 radical (unpaired) electrons. The molecule has 5 rings (SSSR count). The number of likely N-dealkylation sites (tertiary alicyclic amines) is 1. The number of aromatic amines is 1. The Morgan fingerprint density at radius 2 is 1.83 bits per heavy atom. The molecule has 0 unspecified atom stereocenters. The molecule has 0 spiro atoms. The van der Waals surface area contributed by atoms with Gasteiger partial charge in [0.05, 0.1) is 18.8 Å². The van der Waals surface area contributed by atoms with E-state index in [2.05, 4.69) is 20.5 Å². The summed E-state index contributed by atoms with van der Waals surface area (Å²) in [4.78, 5) is 29.3. The number of rotatable bonds is 8. The summed E-state index contributed by atoms with van der Waals surface area (Å²) >= 11 is 1.47. The highest BCUT2D eigenvalue weighted by molar-refractivity contribution is 7.99. The zero-order chi connectivity index (χ0) is 29.9. The van der Waals surface area contributed by atoms with Crippen molar-refractivity contribution in [1.82, 2.24) is 20.1 Å². The van der Waals surface area contributed by atoms with Crippen LogP contribution in [-0.2, 0) is 25.7 Å². The van der Waals surface area contributed by atoms with Crippen LogP contribution in [0.15, 0.2) is 60.0 Å². The van der Waals surface area contributed by atoms with Crippen LogP contribution >= 0.6 is 11.8 Å². The molecule has 2 aromatic carbocycles. The van der Waals surface area contributed by atoms with E-state index in [1.165, 1.54) is 18.1 Å². The van der Waals surface area contributed by atoms with Crippen molar-refractivity contribution in [3.63, 3.8) is 0 Å². The quantitative estimate of drug-likeness (QED) is 0.323. The fourth-order valence-electron chi connectivity index (χ4n) is 5.13. The van der Waals surface area contributed by atoms with Crippen molar-refractivity contribution in [2.45, 2.75) is 62.2 Å². The van der Waals surface area contributed by atoms with E-state index in [1.54, 1.807) is 24.3 Å². The normalized spacial score (nSPS) is 24.5. The van der Waals surface area contributed by atoms with Gasteiger partial charge in [-0.25, -0.2) is 4.98 Å². The number of alkyl halides is 3. The number of ether oxygens (including phenoxy) is 2. The Morgan fingerprint density at radius 1 is 1.12 bits per heavy atom. The molecule has 0 saturated carbocycles. The van der Waals surface area contributed by atoms with Crippen molar-refractivity contribution in [3.8, 4) is 0 Å². The van der Waals surface area contributed by atoms with Gasteiger partial charge in [-0.1, -0.05) is 55.1 Å². The third-order valence-electron chi connectivity index (χ3n) is 7.41. The number of carbonyl (C=O) groups excluding carboxylic acids is 2. The van der Waals surface area contributed by atoms with Crippen molar-refractivity contribution in [2.24, 2.45) is 5.92 Å². The van der Waals surface area contributed by atoms with Crippen molar-refractivity contribution < 1.29 is 37.3 Å². The number of aliphatic hydroxyl groups is 1. The summed E-state index contributed by atoms with van der Waals surface area (Å²) in [7, 11) is 0. The van der Waals surface area contributed by atoms with E-state index in [4.69, 9.17) is 9.47 Å². The lowest BCUT2D eigenvalue weighted by molar-refractivity contribution is -0.268. The molecule has 2 aliphatic heterocycles. The summed E-state index contributed by atoms with van der Waals surface area (Å²) in [6.07, 6.45) is -4.44. The van der Waals surface area contributed by atoms with Gasteiger partial charge in [-0.15, -0.1) is 0 Å². The molecule has 42 heavy (non-hydrogen) atoms. The van der Waals surface area contributed by atoms with Crippen molar-refractivity contribution in [3.05, 3.63) is 71.5 Å². The number of hydrogen-bond acceptors (Lipinski definition) is 8. The van der Waals surface area contributed by atoms with Gasteiger partial charge in [-0.2, -0.15) is 18.3 Å². The number of nitrogens with one attached hydrogen (secondary N) is 2. The average Bonchev–Trinajstić information content (AvgIpc) is 3.69. The minimum atomic E-state index is -5.04. The zero-order valence-electron chi connectivity index (χ0n) is 22.6. The predicted molar refractivity (Wildman–Crippen MR) is 146 cm³/mol. The first-order valence-electron chi connectivity index (χ1n) is 13.4. The number of aromatic nitrogens is 3. The first-order chi connectivity index (χ1) is 20.1. The molecule has 0 bridgehead atoms. The smallest absolute Gasteiger partial charge is 0.392 e. The average molecular weight is 606 g/mol. The second-order valence-electron chi connectivity index (χ2n) is 10.2. The Bertz CT molecular complexity index is 1360. The summed E-state index contributed by atoms with van der Waals surface area (Å²) in [5, 5.41) is 19.4. The molecule has 0 aliphatic carbocycles. The Labute approximate surface area is 244 Å². The topological polar surface area (TPSA) is 130 Å². The van der Waals surface area contributed by atoms with E-state index in [0.29, 0.717) is 33.5 Å². The fourth-order valence-corrected chi connectivity index (χ4v) is 6.07. The number of anilines is 1. The highest BCUT2D eigenvalue weighted by Gasteiger charge is 2.47. The Hall–Kier alpha value is -3.46. The van der Waals surface area contributed by atoms with Crippen LogP contribution in [0.5, 0.6) is 0 Å². The molecular weight excluding hydrogens is 575 g/mol. The Balaban J connectivity index is 1.30. The highest BCUT2D eigenvalue weighted by atomic mass is 32.2. The van der Waals surface area contributed by atoms with Crippen molar-refractivity contribution in [2.75, 3.05) is 17.6 Å². The van der Waals surface area contributed by atoms with Gasteiger partial charge < -0.3 is 24.8 Å². The van der Waals surface area contributed by atoms with Gasteiger partial charge in [-0.3, -0.25) is 14.7 Å². The van der Waals surface area contributed by atoms with Gasteiger partial charge in [-0.05, 0) is 36.1 Å². The van der Waals surface area contributed by atoms with Crippen LogP contribution in [0.25, 0.3) is 0 Å². The van der Waals surface area contributed by atoms with Gasteiger partial charge in [0.2, 0.25) is 5.91 Å². The van der Waals surface area contributed by atoms with E-state index in [9.17, 15) is 27.9 Å². The maximum absolute atomic E-state index is 13.0. The van der Waals surface area contributed by atoms with Gasteiger partial charge in [0.1, 0.15) is 12.4 Å². The lowest BCUT2D eigenvalue weighted by Gasteiger charge is -2.41. The molecule has 2 amide bonds. The molecule has 5 atom stereocenters. The molecule has 1 aromatic heterocycles. The van der Waals surface area contributed by atoms with Crippen LogP contribution in [0.3, 0.4) is 0 Å². The van der Waals surface area contributed by atoms with Gasteiger partial charge in [0.25, 0.3) is 0 Å². The number of hydrogen-bond donors (Lipinski definition) is 3. The lowest BCUT2D eigenvalue weighted by atomic mass is 9.91. The van der Waals surface area contributed by atoms with E-state index in [1.807, 2.05) is 31.2 Å². The third-order valence-corrected chi connectivity index (χ3v) is 8.38. The fraction of sp³-hybridized carbons (Fsp3) is 0.429. The Morgan fingerprint density at radius 3 is 2.48 bits per heavy atom. The molecule has 2 saturated heterocycles. The van der Waals surface area contributed by atoms with E-state index >= 15 is 0 Å². The number of nitrogens with zero attached hydrogens (tertiary/aromatic N) is 3. The SMILES string of the molecule is C[C@@H]1[C@H](CSc2ncn[nH]2)O[C@H](c2ccc(NC(=O)[C@@H]3CCCN3C(=O)C(F)(F)F)cc2)O[C@@H]1c1ccc(CO)cc1. The highest BCUT2D eigenvalue weighted by Crippen LogP contribution is 2.43. The maximum Gasteiger partial charge on any atom is 0.471 e. The summed E-state index contributed by atoms with van der Waals surface area (Å²) in [6, 6.07) is 13.0. The minimum absolute atomic E-state index is 0.0380. The standard InChI is InChI=1S/C28H30F3N5O5S/c1-16-22(14-42-27-32-15-33-35-27)40-25(41-23(16)18-6-4-17(13-37)5-7-18)19-8-10-20(11-9-19)34-24(38)21-3-2-12-36(21)26(39)28(29,30)31/h4-11,15-16,21-23,25,37H,2-3,12-14H2,1H3,(H,34,38)(H,32,33,35)/t16-,21+,22+,23+,25+/m1/s1. The second-order valence-corrected chi connectivity index (χ2v) is 11.2. The van der Waals surface area contributed by atoms with E-state index in [-0.39, 0.29) is 37.7 Å². The summed E-state index contributed by atoms with van der Waals surface area (Å²) in [5.41, 5.74) is 2.77. The number of H-pyrrole nitrogens is 1. The number of amides is 2. The number of thioether (sulfide) groups is 1. The molecular formula is C28H30F3N5O5S. The van der Waals surface area contributed by atoms with Crippen LogP contribution in [0.2, 0.25) is 0 Å². The van der Waals surface area contributed by atoms with Crippen LogP contribution in [0.1, 0.15) is 48.8 Å². The number of halogens is 3. The Kier molecular flexibility index (Phi) is 9.16. The first-order valence-corrected chi connectivity index (χ1v) is 14.4. The van der Waals surface area contributed by atoms with E-state index in [0.717, 1.165) is 11.1 Å². The van der Waals surface area contributed by atoms with Crippen LogP contribution in [-0.4, -0.2) is 67.6 Å². The zero-order valence-corrected chi connectivity index (χ0v) is 23.4. The van der Waals surface area contributed by atoms with Crippen molar-refractivity contribution in [1.29, 1.82) is 0 Å². The summed E-state index contributed by atoms with van der Waals surface area (Å²) < 4.78 is 51.7. The number of benzene rings is 2. The van der Waals surface area contributed by atoms with Gasteiger partial charge >= 0.3 is 12.1 Å².